The van der Waals surface area contributed by atoms with Crippen molar-refractivity contribution in [1.82, 2.24) is 0 Å². The molecular formula is C14H15F2NO3. The number of carbonyl (C=O) groups excluding carboxylic acids is 1. The molecule has 0 spiro atoms. The van der Waals surface area contributed by atoms with Gasteiger partial charge in [0.2, 0.25) is 5.91 Å². The number of carbonyl (C=O) groups is 1. The van der Waals surface area contributed by atoms with Crippen molar-refractivity contribution < 1.29 is 23.0 Å². The first-order valence-electron chi connectivity index (χ1n) is 5.80. The molecular weight excluding hydrogens is 268 g/mol. The smallest absolute Gasteiger partial charge is 0.387 e. The number of methoxy groups -OCH3 is 1. The van der Waals surface area contributed by atoms with Crippen molar-refractivity contribution in [2.24, 2.45) is 0 Å². The predicted octanol–water partition coefficient (Wildman–Crippen LogP) is 3.37. The first kappa shape index (κ1) is 15.7. The number of hydrogen-bond donors (Lipinski definition) is 1. The number of hydrogen-bond acceptors (Lipinski definition) is 3. The molecule has 1 aromatic rings. The molecule has 1 rings (SSSR count). The Morgan fingerprint density at radius 3 is 2.65 bits per heavy atom. The number of ether oxygens (including phenoxy) is 2. The van der Waals surface area contributed by atoms with Crippen molar-refractivity contribution in [3.63, 3.8) is 0 Å². The van der Waals surface area contributed by atoms with Gasteiger partial charge in [-0.05, 0) is 19.1 Å². The van der Waals surface area contributed by atoms with Gasteiger partial charge in [-0.15, -0.1) is 0 Å². The van der Waals surface area contributed by atoms with Crippen LogP contribution in [0, 0.1) is 0 Å². The Labute approximate surface area is 115 Å². The van der Waals surface area contributed by atoms with Crippen LogP contribution in [0.1, 0.15) is 6.92 Å². The topological polar surface area (TPSA) is 47.6 Å². The molecule has 0 heterocycles. The maximum absolute atomic E-state index is 12.3. The summed E-state index contributed by atoms with van der Waals surface area (Å²) >= 11 is 0. The summed E-state index contributed by atoms with van der Waals surface area (Å²) in [5.41, 5.74) is 0.330. The van der Waals surface area contributed by atoms with Crippen LogP contribution in [0.25, 0.3) is 0 Å². The maximum atomic E-state index is 12.3. The summed E-state index contributed by atoms with van der Waals surface area (Å²) in [6.45, 7) is -1.15. The standard InChI is InChI=1S/C14H15F2NO3/c1-3-4-5-6-13(18)17-10-7-8-11(19-2)12(9-10)20-14(15)16/h3-9,14H,1-2H3,(H,17,18)/b4-3+,6-5+. The average Bonchev–Trinajstić information content (AvgIpc) is 2.38. The molecule has 0 bridgehead atoms. The fourth-order valence-electron chi connectivity index (χ4n) is 1.38. The highest BCUT2D eigenvalue weighted by molar-refractivity contribution is 5.99. The lowest BCUT2D eigenvalue weighted by molar-refractivity contribution is -0.111. The Bertz CT molecular complexity index is 513. The Balaban J connectivity index is 2.83. The van der Waals surface area contributed by atoms with Crippen LogP contribution in [-0.4, -0.2) is 19.6 Å². The SMILES string of the molecule is C/C=C/C=C/C(=O)Nc1ccc(OC)c(OC(F)F)c1. The third kappa shape index (κ3) is 5.09. The van der Waals surface area contributed by atoms with Crippen LogP contribution in [0.2, 0.25) is 0 Å². The lowest BCUT2D eigenvalue weighted by Gasteiger charge is -2.11. The molecule has 0 fully saturated rings. The summed E-state index contributed by atoms with van der Waals surface area (Å²) in [7, 11) is 1.34. The summed E-state index contributed by atoms with van der Waals surface area (Å²) in [5.74, 6) is -0.359. The van der Waals surface area contributed by atoms with Gasteiger partial charge in [0.05, 0.1) is 7.11 Å². The molecule has 0 atom stereocenters. The summed E-state index contributed by atoms with van der Waals surface area (Å²) < 4.78 is 33.7. The second-order valence-corrected chi connectivity index (χ2v) is 3.62. The minimum Gasteiger partial charge on any atom is -0.493 e. The van der Waals surface area contributed by atoms with E-state index in [2.05, 4.69) is 10.1 Å². The van der Waals surface area contributed by atoms with Crippen LogP contribution in [0.5, 0.6) is 11.5 Å². The van der Waals surface area contributed by atoms with Gasteiger partial charge in [0.1, 0.15) is 0 Å². The zero-order chi connectivity index (χ0) is 15.0. The Morgan fingerprint density at radius 2 is 2.05 bits per heavy atom. The molecule has 1 amide bonds. The van der Waals surface area contributed by atoms with Gasteiger partial charge >= 0.3 is 6.61 Å². The Hall–Kier alpha value is -2.37. The molecule has 1 N–H and O–H groups in total. The molecule has 20 heavy (non-hydrogen) atoms. The highest BCUT2D eigenvalue weighted by atomic mass is 19.3. The zero-order valence-electron chi connectivity index (χ0n) is 11.1. The van der Waals surface area contributed by atoms with E-state index < -0.39 is 6.61 Å². The van der Waals surface area contributed by atoms with E-state index >= 15 is 0 Å². The van der Waals surface area contributed by atoms with Crippen molar-refractivity contribution in [2.75, 3.05) is 12.4 Å². The normalized spacial score (nSPS) is 11.2. The summed E-state index contributed by atoms with van der Waals surface area (Å²) in [5, 5.41) is 2.53. The second-order valence-electron chi connectivity index (χ2n) is 3.62. The van der Waals surface area contributed by atoms with Gasteiger partial charge in [0, 0.05) is 17.8 Å². The lowest BCUT2D eigenvalue weighted by Crippen LogP contribution is -2.09. The number of alkyl halides is 2. The van der Waals surface area contributed by atoms with E-state index in [-0.39, 0.29) is 17.4 Å². The Morgan fingerprint density at radius 1 is 1.30 bits per heavy atom. The molecule has 0 unspecified atom stereocenters. The van der Waals surface area contributed by atoms with Gasteiger partial charge in [-0.2, -0.15) is 8.78 Å². The first-order chi connectivity index (χ1) is 9.56. The largest absolute Gasteiger partial charge is 0.493 e. The molecule has 0 aromatic heterocycles. The number of amides is 1. The van der Waals surface area contributed by atoms with Crippen LogP contribution in [0.4, 0.5) is 14.5 Å². The molecule has 0 aliphatic carbocycles. The molecule has 108 valence electrons. The Kier molecular flexibility index (Phi) is 6.22. The fourth-order valence-corrected chi connectivity index (χ4v) is 1.38. The molecule has 0 saturated carbocycles. The molecule has 0 saturated heterocycles. The number of anilines is 1. The quantitative estimate of drug-likeness (QED) is 0.643. The molecule has 0 radical (unpaired) electrons. The highest BCUT2D eigenvalue weighted by Gasteiger charge is 2.11. The van der Waals surface area contributed by atoms with E-state index in [9.17, 15) is 13.6 Å². The third-order valence-corrected chi connectivity index (χ3v) is 2.20. The van der Waals surface area contributed by atoms with Crippen molar-refractivity contribution >= 4 is 11.6 Å². The van der Waals surface area contributed by atoms with Gasteiger partial charge in [-0.25, -0.2) is 0 Å². The van der Waals surface area contributed by atoms with E-state index in [0.29, 0.717) is 5.69 Å². The average molecular weight is 283 g/mol. The second kappa shape index (κ2) is 7.93. The van der Waals surface area contributed by atoms with Gasteiger partial charge < -0.3 is 14.8 Å². The molecule has 0 aliphatic rings. The van der Waals surface area contributed by atoms with Crippen LogP contribution >= 0.6 is 0 Å². The first-order valence-corrected chi connectivity index (χ1v) is 5.80. The van der Waals surface area contributed by atoms with Crippen molar-refractivity contribution in [1.29, 1.82) is 0 Å². The highest BCUT2D eigenvalue weighted by Crippen LogP contribution is 2.31. The number of allylic oxidation sites excluding steroid dienone is 3. The fraction of sp³-hybridized carbons (Fsp3) is 0.214. The third-order valence-electron chi connectivity index (χ3n) is 2.20. The van der Waals surface area contributed by atoms with Crippen LogP contribution in [0.15, 0.2) is 42.5 Å². The molecule has 0 aliphatic heterocycles. The number of benzene rings is 1. The minimum atomic E-state index is -2.97. The number of halogens is 2. The van der Waals surface area contributed by atoms with E-state index in [1.807, 2.05) is 6.92 Å². The summed E-state index contributed by atoms with van der Waals surface area (Å²) in [6, 6.07) is 4.23. The van der Waals surface area contributed by atoms with Crippen LogP contribution in [0.3, 0.4) is 0 Å². The number of rotatable bonds is 6. The monoisotopic (exact) mass is 283 g/mol. The maximum Gasteiger partial charge on any atom is 0.387 e. The van der Waals surface area contributed by atoms with Crippen LogP contribution in [-0.2, 0) is 4.79 Å². The summed E-state index contributed by atoms with van der Waals surface area (Å²) in [6.07, 6.45) is 6.35. The van der Waals surface area contributed by atoms with E-state index in [1.165, 1.54) is 31.4 Å². The number of nitrogens with one attached hydrogen (secondary N) is 1. The lowest BCUT2D eigenvalue weighted by atomic mass is 10.2. The van der Waals surface area contributed by atoms with E-state index in [4.69, 9.17) is 4.74 Å². The predicted molar refractivity (Wildman–Crippen MR) is 72.2 cm³/mol. The summed E-state index contributed by atoms with van der Waals surface area (Å²) in [4.78, 5) is 11.5. The van der Waals surface area contributed by atoms with Crippen molar-refractivity contribution in [2.45, 2.75) is 13.5 Å². The van der Waals surface area contributed by atoms with Crippen molar-refractivity contribution in [3.05, 3.63) is 42.5 Å². The molecule has 1 aromatic carbocycles. The van der Waals surface area contributed by atoms with E-state index in [0.717, 1.165) is 0 Å². The van der Waals surface area contributed by atoms with E-state index in [1.54, 1.807) is 18.2 Å². The zero-order valence-corrected chi connectivity index (χ0v) is 11.1. The van der Waals surface area contributed by atoms with Crippen molar-refractivity contribution in [3.8, 4) is 11.5 Å². The minimum absolute atomic E-state index is 0.141. The molecule has 6 heteroatoms. The van der Waals surface area contributed by atoms with Crippen LogP contribution < -0.4 is 14.8 Å². The van der Waals surface area contributed by atoms with Gasteiger partial charge in [-0.3, -0.25) is 4.79 Å². The van der Waals surface area contributed by atoms with Gasteiger partial charge in [-0.1, -0.05) is 18.2 Å². The van der Waals surface area contributed by atoms with Gasteiger partial charge in [0.25, 0.3) is 0 Å². The van der Waals surface area contributed by atoms with Gasteiger partial charge in [0.15, 0.2) is 11.5 Å². The molecule has 4 nitrogen and oxygen atoms in total.